The van der Waals surface area contributed by atoms with Crippen molar-refractivity contribution in [2.45, 2.75) is 26.8 Å². The zero-order valence-electron chi connectivity index (χ0n) is 19.6. The molecular formula is C28H25ClFNO4. The van der Waals surface area contributed by atoms with Gasteiger partial charge in [0.1, 0.15) is 17.3 Å². The van der Waals surface area contributed by atoms with Crippen LogP contribution in [-0.2, 0) is 9.59 Å². The molecule has 3 aromatic rings. The van der Waals surface area contributed by atoms with E-state index in [4.69, 9.17) is 16.3 Å². The second-order valence-corrected chi connectivity index (χ2v) is 9.32. The number of Topliss-reactive ketones (excluding diaryl/α,β-unsaturated/α-hetero) is 1. The van der Waals surface area contributed by atoms with Crippen molar-refractivity contribution in [3.05, 3.63) is 99.8 Å². The number of ketones is 1. The topological polar surface area (TPSA) is 66.8 Å². The van der Waals surface area contributed by atoms with Gasteiger partial charge in [-0.15, -0.1) is 0 Å². The Kier molecular flexibility index (Phi) is 6.94. The van der Waals surface area contributed by atoms with Gasteiger partial charge >= 0.3 is 0 Å². The van der Waals surface area contributed by atoms with E-state index in [1.54, 1.807) is 42.5 Å². The van der Waals surface area contributed by atoms with E-state index in [9.17, 15) is 19.1 Å². The molecule has 35 heavy (non-hydrogen) atoms. The average molecular weight is 494 g/mol. The fraction of sp³-hybridized carbons (Fsp3) is 0.214. The molecular weight excluding hydrogens is 469 g/mol. The summed E-state index contributed by atoms with van der Waals surface area (Å²) >= 11 is 6.15. The number of aliphatic hydroxyl groups is 1. The Hall–Kier alpha value is -3.64. The Labute approximate surface area is 208 Å². The van der Waals surface area contributed by atoms with Gasteiger partial charge in [-0.2, -0.15) is 0 Å². The molecule has 0 aliphatic carbocycles. The van der Waals surface area contributed by atoms with Gasteiger partial charge in [-0.1, -0.05) is 43.6 Å². The monoisotopic (exact) mass is 493 g/mol. The summed E-state index contributed by atoms with van der Waals surface area (Å²) in [5.74, 6) is -1.40. The van der Waals surface area contributed by atoms with Crippen molar-refractivity contribution >= 4 is 34.7 Å². The largest absolute Gasteiger partial charge is 0.507 e. The molecule has 4 rings (SSSR count). The predicted octanol–water partition coefficient (Wildman–Crippen LogP) is 6.45. The normalized spacial score (nSPS) is 17.3. The van der Waals surface area contributed by atoms with Crippen LogP contribution in [0.25, 0.3) is 5.76 Å². The fourth-order valence-electron chi connectivity index (χ4n) is 4.06. The quantitative estimate of drug-likeness (QED) is 0.243. The first-order valence-corrected chi connectivity index (χ1v) is 11.6. The number of rotatable bonds is 6. The smallest absolute Gasteiger partial charge is 0.300 e. The Morgan fingerprint density at radius 3 is 2.43 bits per heavy atom. The van der Waals surface area contributed by atoms with Crippen LogP contribution < -0.4 is 9.64 Å². The molecule has 0 aromatic heterocycles. The maximum atomic E-state index is 13.7. The number of carbonyl (C=O) groups excluding carboxylic acids is 2. The van der Waals surface area contributed by atoms with Crippen LogP contribution in [-0.4, -0.2) is 23.4 Å². The number of aryl methyl sites for hydroxylation is 1. The van der Waals surface area contributed by atoms with E-state index in [0.29, 0.717) is 40.1 Å². The van der Waals surface area contributed by atoms with Crippen LogP contribution in [0.15, 0.2) is 72.3 Å². The number of halogens is 2. The number of amides is 1. The Morgan fingerprint density at radius 1 is 1.09 bits per heavy atom. The molecule has 1 N–H and O–H groups in total. The van der Waals surface area contributed by atoms with E-state index in [-0.39, 0.29) is 11.3 Å². The summed E-state index contributed by atoms with van der Waals surface area (Å²) in [4.78, 5) is 27.7. The molecule has 3 aromatic carbocycles. The minimum atomic E-state index is -0.966. The van der Waals surface area contributed by atoms with Gasteiger partial charge in [0.05, 0.1) is 18.2 Å². The van der Waals surface area contributed by atoms with Gasteiger partial charge in [0, 0.05) is 16.3 Å². The molecule has 1 fully saturated rings. The van der Waals surface area contributed by atoms with Gasteiger partial charge in [0.25, 0.3) is 11.7 Å². The average Bonchev–Trinajstić information content (AvgIpc) is 3.08. The van der Waals surface area contributed by atoms with Crippen LogP contribution in [0, 0.1) is 18.7 Å². The number of carbonyl (C=O) groups is 2. The highest BCUT2D eigenvalue weighted by atomic mass is 35.5. The summed E-state index contributed by atoms with van der Waals surface area (Å²) in [6.45, 7) is 6.48. The summed E-state index contributed by atoms with van der Waals surface area (Å²) in [5.41, 5.74) is 1.92. The van der Waals surface area contributed by atoms with Crippen LogP contribution in [0.5, 0.6) is 5.75 Å². The molecule has 0 saturated carbocycles. The lowest BCUT2D eigenvalue weighted by Gasteiger charge is -2.25. The molecule has 5 nitrogen and oxygen atoms in total. The molecule has 0 spiro atoms. The molecule has 1 amide bonds. The van der Waals surface area contributed by atoms with Crippen LogP contribution in [0.4, 0.5) is 10.1 Å². The zero-order valence-corrected chi connectivity index (χ0v) is 20.3. The fourth-order valence-corrected chi connectivity index (χ4v) is 4.24. The van der Waals surface area contributed by atoms with Crippen molar-refractivity contribution in [2.75, 3.05) is 11.5 Å². The minimum absolute atomic E-state index is 0.0863. The summed E-state index contributed by atoms with van der Waals surface area (Å²) in [7, 11) is 0. The van der Waals surface area contributed by atoms with Crippen molar-refractivity contribution < 1.29 is 23.8 Å². The molecule has 1 aliphatic heterocycles. The first-order chi connectivity index (χ1) is 16.7. The van der Waals surface area contributed by atoms with Crippen molar-refractivity contribution in [1.82, 2.24) is 0 Å². The number of hydrogen-bond acceptors (Lipinski definition) is 4. The summed E-state index contributed by atoms with van der Waals surface area (Å²) in [6, 6.07) is 16.1. The van der Waals surface area contributed by atoms with E-state index < -0.39 is 23.5 Å². The lowest BCUT2D eigenvalue weighted by molar-refractivity contribution is -0.132. The van der Waals surface area contributed by atoms with Crippen molar-refractivity contribution in [1.29, 1.82) is 0 Å². The molecule has 180 valence electrons. The standard InChI is InChI=1S/C28H25ClFNO4/c1-16(2)15-35-23-12-9-19(13-17(23)3)26(32)24-25(18-7-10-21(30)11-8-18)31(28(34)27(24)33)22-6-4-5-20(29)14-22/h4-14,16,25,32H,15H2,1-3H3/b26-24+. The number of benzene rings is 3. The summed E-state index contributed by atoms with van der Waals surface area (Å²) < 4.78 is 19.5. The highest BCUT2D eigenvalue weighted by Gasteiger charge is 2.47. The summed E-state index contributed by atoms with van der Waals surface area (Å²) in [5, 5.41) is 11.7. The molecule has 0 radical (unpaired) electrons. The second-order valence-electron chi connectivity index (χ2n) is 8.89. The van der Waals surface area contributed by atoms with Crippen molar-refractivity contribution in [3.63, 3.8) is 0 Å². The molecule has 1 heterocycles. The minimum Gasteiger partial charge on any atom is -0.507 e. The second kappa shape index (κ2) is 9.92. The van der Waals surface area contributed by atoms with Crippen LogP contribution >= 0.6 is 11.6 Å². The van der Waals surface area contributed by atoms with E-state index in [0.717, 1.165) is 5.56 Å². The van der Waals surface area contributed by atoms with E-state index in [2.05, 4.69) is 0 Å². The zero-order chi connectivity index (χ0) is 25.3. The van der Waals surface area contributed by atoms with Gasteiger partial charge in [-0.25, -0.2) is 4.39 Å². The van der Waals surface area contributed by atoms with Gasteiger partial charge < -0.3 is 9.84 Å². The molecule has 1 atom stereocenters. The number of aliphatic hydroxyl groups excluding tert-OH is 1. The highest BCUT2D eigenvalue weighted by Crippen LogP contribution is 2.43. The number of nitrogens with zero attached hydrogens (tertiary/aromatic N) is 1. The van der Waals surface area contributed by atoms with Crippen molar-refractivity contribution in [3.8, 4) is 5.75 Å². The lowest BCUT2D eigenvalue weighted by atomic mass is 9.94. The van der Waals surface area contributed by atoms with Gasteiger partial charge in [0.15, 0.2) is 0 Å². The highest BCUT2D eigenvalue weighted by molar-refractivity contribution is 6.51. The third-order valence-corrected chi connectivity index (χ3v) is 5.97. The first-order valence-electron chi connectivity index (χ1n) is 11.2. The number of ether oxygens (including phenoxy) is 1. The Balaban J connectivity index is 1.85. The summed E-state index contributed by atoms with van der Waals surface area (Å²) in [6.07, 6.45) is 0. The molecule has 1 aliphatic rings. The molecule has 1 saturated heterocycles. The Morgan fingerprint density at radius 2 is 1.80 bits per heavy atom. The number of anilines is 1. The van der Waals surface area contributed by atoms with Gasteiger partial charge in [-0.3, -0.25) is 14.5 Å². The number of hydrogen-bond donors (Lipinski definition) is 1. The maximum Gasteiger partial charge on any atom is 0.300 e. The SMILES string of the molecule is Cc1cc(/C(O)=C2\C(=O)C(=O)N(c3cccc(Cl)c3)C2c2ccc(F)cc2)ccc1OCC(C)C. The van der Waals surface area contributed by atoms with Crippen LogP contribution in [0.2, 0.25) is 5.02 Å². The maximum absolute atomic E-state index is 13.7. The third kappa shape index (κ3) is 4.93. The van der Waals surface area contributed by atoms with Crippen LogP contribution in [0.1, 0.15) is 36.6 Å². The van der Waals surface area contributed by atoms with Crippen LogP contribution in [0.3, 0.4) is 0 Å². The molecule has 7 heteroatoms. The predicted molar refractivity (Wildman–Crippen MR) is 134 cm³/mol. The van der Waals surface area contributed by atoms with E-state index in [1.165, 1.54) is 29.2 Å². The molecule has 0 bridgehead atoms. The molecule has 1 unspecified atom stereocenters. The van der Waals surface area contributed by atoms with Crippen molar-refractivity contribution in [2.24, 2.45) is 5.92 Å². The van der Waals surface area contributed by atoms with Gasteiger partial charge in [-0.05, 0) is 72.5 Å². The first kappa shape index (κ1) is 24.5. The van der Waals surface area contributed by atoms with E-state index in [1.807, 2.05) is 20.8 Å². The lowest BCUT2D eigenvalue weighted by Crippen LogP contribution is -2.29. The van der Waals surface area contributed by atoms with E-state index >= 15 is 0 Å². The Bertz CT molecular complexity index is 1320. The third-order valence-electron chi connectivity index (χ3n) is 5.74. The van der Waals surface area contributed by atoms with Gasteiger partial charge in [0.2, 0.25) is 0 Å².